The third-order valence-electron chi connectivity index (χ3n) is 2.29. The normalized spacial score (nSPS) is 10.3. The second-order valence-electron chi connectivity index (χ2n) is 3.61. The van der Waals surface area contributed by atoms with E-state index in [0.29, 0.717) is 0 Å². The number of aromatic nitrogens is 2. The van der Waals surface area contributed by atoms with Crippen LogP contribution in [0.5, 0.6) is 0 Å². The van der Waals surface area contributed by atoms with Gasteiger partial charge in [-0.1, -0.05) is 30.3 Å². The topological polar surface area (TPSA) is 55.1 Å². The van der Waals surface area contributed by atoms with Crippen molar-refractivity contribution in [1.82, 2.24) is 9.78 Å². The molecule has 0 amide bonds. The van der Waals surface area contributed by atoms with E-state index in [1.807, 2.05) is 30.3 Å². The number of carboxylic acids is 1. The zero-order valence-electron chi connectivity index (χ0n) is 8.92. The van der Waals surface area contributed by atoms with E-state index in [0.717, 1.165) is 16.8 Å². The van der Waals surface area contributed by atoms with Crippen molar-refractivity contribution < 1.29 is 9.90 Å². The van der Waals surface area contributed by atoms with Crippen LogP contribution in [0, 0.1) is 0 Å². The minimum atomic E-state index is -0.842. The van der Waals surface area contributed by atoms with Gasteiger partial charge >= 0.3 is 5.97 Å². The van der Waals surface area contributed by atoms with E-state index in [1.165, 1.54) is 0 Å². The van der Waals surface area contributed by atoms with Crippen LogP contribution in [0.3, 0.4) is 0 Å². The van der Waals surface area contributed by atoms with Crippen LogP contribution in [-0.2, 0) is 18.3 Å². The Balaban J connectivity index is 2.44. The third-order valence-corrected chi connectivity index (χ3v) is 2.29. The molecule has 1 N–H and O–H groups in total. The van der Waals surface area contributed by atoms with Crippen molar-refractivity contribution in [3.8, 4) is 11.3 Å². The highest BCUT2D eigenvalue weighted by atomic mass is 16.4. The van der Waals surface area contributed by atoms with Crippen molar-refractivity contribution in [1.29, 1.82) is 0 Å². The van der Waals surface area contributed by atoms with Crippen LogP contribution >= 0.6 is 0 Å². The van der Waals surface area contributed by atoms with E-state index in [2.05, 4.69) is 5.10 Å². The lowest BCUT2D eigenvalue weighted by atomic mass is 10.1. The maximum Gasteiger partial charge on any atom is 0.307 e. The van der Waals surface area contributed by atoms with Crippen molar-refractivity contribution in [2.75, 3.05) is 0 Å². The van der Waals surface area contributed by atoms with Gasteiger partial charge in [-0.05, 0) is 0 Å². The first kappa shape index (κ1) is 10.4. The molecule has 1 heterocycles. The first-order valence-corrected chi connectivity index (χ1v) is 4.96. The SMILES string of the molecule is Cn1cc(CC(=O)O)c(-c2ccccc2)n1. The average Bonchev–Trinajstić information content (AvgIpc) is 2.60. The lowest BCUT2D eigenvalue weighted by Gasteiger charge is -1.99. The number of rotatable bonds is 3. The Kier molecular flexibility index (Phi) is 2.72. The number of aliphatic carboxylic acids is 1. The zero-order chi connectivity index (χ0) is 11.5. The standard InChI is InChI=1S/C12H12N2O2/c1-14-8-10(7-11(15)16)12(13-14)9-5-3-2-4-6-9/h2-6,8H,7H2,1H3,(H,15,16). The van der Waals surface area contributed by atoms with Crippen LogP contribution in [0.25, 0.3) is 11.3 Å². The molecule has 1 aromatic heterocycles. The molecule has 0 bridgehead atoms. The largest absolute Gasteiger partial charge is 0.481 e. The Labute approximate surface area is 93.1 Å². The van der Waals surface area contributed by atoms with E-state index in [4.69, 9.17) is 5.11 Å². The first-order chi connectivity index (χ1) is 7.66. The van der Waals surface area contributed by atoms with Crippen molar-refractivity contribution in [3.05, 3.63) is 42.1 Å². The molecule has 0 atom stereocenters. The zero-order valence-corrected chi connectivity index (χ0v) is 8.92. The fraction of sp³-hybridized carbons (Fsp3) is 0.167. The number of benzene rings is 1. The molecule has 0 fully saturated rings. The van der Waals surface area contributed by atoms with Crippen LogP contribution in [0.1, 0.15) is 5.56 Å². The molecular weight excluding hydrogens is 204 g/mol. The van der Waals surface area contributed by atoms with E-state index in [1.54, 1.807) is 17.9 Å². The Morgan fingerprint density at radius 1 is 1.38 bits per heavy atom. The van der Waals surface area contributed by atoms with Crippen molar-refractivity contribution in [3.63, 3.8) is 0 Å². The smallest absolute Gasteiger partial charge is 0.307 e. The van der Waals surface area contributed by atoms with Crippen LogP contribution in [0.15, 0.2) is 36.5 Å². The Morgan fingerprint density at radius 2 is 2.06 bits per heavy atom. The molecular formula is C12H12N2O2. The van der Waals surface area contributed by atoms with Crippen LogP contribution in [0.2, 0.25) is 0 Å². The summed E-state index contributed by atoms with van der Waals surface area (Å²) >= 11 is 0. The van der Waals surface area contributed by atoms with Gasteiger partial charge in [0.05, 0.1) is 12.1 Å². The Morgan fingerprint density at radius 3 is 2.69 bits per heavy atom. The molecule has 4 heteroatoms. The second-order valence-corrected chi connectivity index (χ2v) is 3.61. The second kappa shape index (κ2) is 4.18. The highest BCUT2D eigenvalue weighted by molar-refractivity contribution is 5.74. The lowest BCUT2D eigenvalue weighted by molar-refractivity contribution is -0.136. The van der Waals surface area contributed by atoms with Gasteiger partial charge in [0.2, 0.25) is 0 Å². The van der Waals surface area contributed by atoms with E-state index < -0.39 is 5.97 Å². The fourth-order valence-electron chi connectivity index (χ4n) is 1.67. The number of aryl methyl sites for hydroxylation is 1. The van der Waals surface area contributed by atoms with Gasteiger partial charge in [0.15, 0.2) is 0 Å². The highest BCUT2D eigenvalue weighted by Crippen LogP contribution is 2.21. The molecule has 0 aliphatic heterocycles. The maximum atomic E-state index is 10.7. The van der Waals surface area contributed by atoms with Crippen LogP contribution in [0.4, 0.5) is 0 Å². The van der Waals surface area contributed by atoms with Gasteiger partial charge in [0.1, 0.15) is 0 Å². The Hall–Kier alpha value is -2.10. The predicted molar refractivity (Wildman–Crippen MR) is 60.0 cm³/mol. The molecule has 82 valence electrons. The minimum absolute atomic E-state index is 0.00192. The van der Waals surface area contributed by atoms with Gasteiger partial charge in [-0.25, -0.2) is 0 Å². The van der Waals surface area contributed by atoms with Gasteiger partial charge in [-0.3, -0.25) is 9.48 Å². The first-order valence-electron chi connectivity index (χ1n) is 4.96. The van der Waals surface area contributed by atoms with E-state index >= 15 is 0 Å². The summed E-state index contributed by atoms with van der Waals surface area (Å²) in [6.07, 6.45) is 1.74. The highest BCUT2D eigenvalue weighted by Gasteiger charge is 2.12. The summed E-state index contributed by atoms with van der Waals surface area (Å²) in [6, 6.07) is 9.59. The van der Waals surface area contributed by atoms with Gasteiger partial charge in [0.25, 0.3) is 0 Å². The molecule has 4 nitrogen and oxygen atoms in total. The molecule has 0 unspecified atom stereocenters. The predicted octanol–water partition coefficient (Wildman–Crippen LogP) is 1.71. The Bertz CT molecular complexity index is 503. The number of nitrogens with zero attached hydrogens (tertiary/aromatic N) is 2. The molecule has 0 spiro atoms. The van der Waals surface area contributed by atoms with Gasteiger partial charge < -0.3 is 5.11 Å². The van der Waals surface area contributed by atoms with E-state index in [-0.39, 0.29) is 6.42 Å². The monoisotopic (exact) mass is 216 g/mol. The molecule has 1 aromatic carbocycles. The molecule has 0 saturated carbocycles. The van der Waals surface area contributed by atoms with Gasteiger partial charge in [-0.15, -0.1) is 0 Å². The van der Waals surface area contributed by atoms with Crippen molar-refractivity contribution in [2.45, 2.75) is 6.42 Å². The average molecular weight is 216 g/mol. The number of carboxylic acid groups (broad SMARTS) is 1. The molecule has 16 heavy (non-hydrogen) atoms. The molecule has 0 aliphatic rings. The quantitative estimate of drug-likeness (QED) is 0.849. The van der Waals surface area contributed by atoms with Crippen LogP contribution in [-0.4, -0.2) is 20.9 Å². The summed E-state index contributed by atoms with van der Waals surface area (Å²) in [5.41, 5.74) is 2.42. The fourth-order valence-corrected chi connectivity index (χ4v) is 1.67. The number of hydrogen-bond donors (Lipinski definition) is 1. The molecule has 2 aromatic rings. The molecule has 0 saturated heterocycles. The summed E-state index contributed by atoms with van der Waals surface area (Å²) in [5, 5.41) is 13.1. The minimum Gasteiger partial charge on any atom is -0.481 e. The summed E-state index contributed by atoms with van der Waals surface area (Å²) in [6.45, 7) is 0. The van der Waals surface area contributed by atoms with Crippen molar-refractivity contribution in [2.24, 2.45) is 7.05 Å². The maximum absolute atomic E-state index is 10.7. The summed E-state index contributed by atoms with van der Waals surface area (Å²) < 4.78 is 1.64. The van der Waals surface area contributed by atoms with Gasteiger partial charge in [0, 0.05) is 24.4 Å². The third kappa shape index (κ3) is 2.11. The number of carbonyl (C=O) groups is 1. The molecule has 0 aliphatic carbocycles. The lowest BCUT2D eigenvalue weighted by Crippen LogP contribution is -2.00. The molecule has 0 radical (unpaired) electrons. The van der Waals surface area contributed by atoms with Crippen molar-refractivity contribution >= 4 is 5.97 Å². The summed E-state index contributed by atoms with van der Waals surface area (Å²) in [7, 11) is 1.79. The van der Waals surface area contributed by atoms with Gasteiger partial charge in [-0.2, -0.15) is 5.10 Å². The molecule has 2 rings (SSSR count). The summed E-state index contributed by atoms with van der Waals surface area (Å²) in [4.78, 5) is 10.7. The number of hydrogen-bond acceptors (Lipinski definition) is 2. The van der Waals surface area contributed by atoms with Crippen LogP contribution < -0.4 is 0 Å². The summed E-state index contributed by atoms with van der Waals surface area (Å²) in [5.74, 6) is -0.842. The van der Waals surface area contributed by atoms with E-state index in [9.17, 15) is 4.79 Å².